The van der Waals surface area contributed by atoms with E-state index in [2.05, 4.69) is 5.16 Å². The van der Waals surface area contributed by atoms with Crippen LogP contribution in [0.2, 0.25) is 0 Å². The minimum atomic E-state index is -4.68. The van der Waals surface area contributed by atoms with E-state index in [4.69, 9.17) is 5.21 Å². The first kappa shape index (κ1) is 14.5. The van der Waals surface area contributed by atoms with Crippen molar-refractivity contribution in [1.29, 1.82) is 0 Å². The highest BCUT2D eigenvalue weighted by atomic mass is 32.2. The Bertz CT molecular complexity index is 594. The Morgan fingerprint density at radius 3 is 1.95 bits per heavy atom. The largest absolute Gasteiger partial charge is 0.437 e. The van der Waals surface area contributed by atoms with Crippen molar-refractivity contribution in [2.45, 2.75) is 16.0 Å². The summed E-state index contributed by atoms with van der Waals surface area (Å²) in [5.41, 5.74) is -1.47. The molecular formula is C14H10F3NOS. The average Bonchev–Trinajstić information content (AvgIpc) is 2.41. The van der Waals surface area contributed by atoms with E-state index >= 15 is 0 Å². The quantitative estimate of drug-likeness (QED) is 0.511. The summed E-state index contributed by atoms with van der Waals surface area (Å²) in [5.74, 6) is 0. The average molecular weight is 297 g/mol. The van der Waals surface area contributed by atoms with Gasteiger partial charge in [-0.25, -0.2) is 0 Å². The number of oxime groups is 1. The van der Waals surface area contributed by atoms with Crippen LogP contribution in [-0.4, -0.2) is 17.1 Å². The van der Waals surface area contributed by atoms with Gasteiger partial charge in [0.05, 0.1) is 0 Å². The fourth-order valence-electron chi connectivity index (χ4n) is 1.58. The standard InChI is InChI=1S/C14H10F3NOS/c15-14(16,17)13(18-19)10-6-8-12(9-7-10)20-11-4-2-1-3-5-11/h1-9,19H. The molecule has 0 unspecified atom stereocenters. The first-order valence-electron chi connectivity index (χ1n) is 5.63. The van der Waals surface area contributed by atoms with Gasteiger partial charge in [0, 0.05) is 15.4 Å². The van der Waals surface area contributed by atoms with Gasteiger partial charge < -0.3 is 5.21 Å². The lowest BCUT2D eigenvalue weighted by Gasteiger charge is -2.09. The van der Waals surface area contributed by atoms with Crippen molar-refractivity contribution < 1.29 is 18.4 Å². The SMILES string of the molecule is ON=C(c1ccc(Sc2ccccc2)cc1)C(F)(F)F. The summed E-state index contributed by atoms with van der Waals surface area (Å²) in [6.45, 7) is 0. The Kier molecular flexibility index (Phi) is 4.34. The number of alkyl halides is 3. The van der Waals surface area contributed by atoms with Gasteiger partial charge in [0.1, 0.15) is 0 Å². The van der Waals surface area contributed by atoms with Gasteiger partial charge in [-0.1, -0.05) is 47.2 Å². The second-order valence-corrected chi connectivity index (χ2v) is 5.03. The van der Waals surface area contributed by atoms with E-state index in [1.165, 1.54) is 23.9 Å². The van der Waals surface area contributed by atoms with Gasteiger partial charge in [0.15, 0.2) is 5.71 Å². The van der Waals surface area contributed by atoms with Crippen LogP contribution in [0.4, 0.5) is 13.2 Å². The highest BCUT2D eigenvalue weighted by Gasteiger charge is 2.37. The molecule has 0 aliphatic rings. The summed E-state index contributed by atoms with van der Waals surface area (Å²) in [6.07, 6.45) is -4.68. The maximum Gasteiger partial charge on any atom is 0.437 e. The lowest BCUT2D eigenvalue weighted by molar-refractivity contribution is -0.0601. The molecule has 0 saturated heterocycles. The molecule has 0 aliphatic carbocycles. The minimum absolute atomic E-state index is 0.169. The van der Waals surface area contributed by atoms with Gasteiger partial charge in [-0.15, -0.1) is 0 Å². The highest BCUT2D eigenvalue weighted by molar-refractivity contribution is 7.99. The molecule has 0 aromatic heterocycles. The van der Waals surface area contributed by atoms with Crippen LogP contribution >= 0.6 is 11.8 Å². The van der Waals surface area contributed by atoms with E-state index in [0.29, 0.717) is 0 Å². The van der Waals surface area contributed by atoms with Crippen LogP contribution in [0.5, 0.6) is 0 Å². The molecule has 0 amide bonds. The maximum atomic E-state index is 12.6. The number of benzene rings is 2. The van der Waals surface area contributed by atoms with Crippen molar-refractivity contribution in [1.82, 2.24) is 0 Å². The molecule has 104 valence electrons. The normalized spacial score (nSPS) is 12.4. The van der Waals surface area contributed by atoms with E-state index in [0.717, 1.165) is 9.79 Å². The predicted molar refractivity (Wildman–Crippen MR) is 71.4 cm³/mol. The zero-order chi connectivity index (χ0) is 14.6. The van der Waals surface area contributed by atoms with Crippen molar-refractivity contribution >= 4 is 17.5 Å². The summed E-state index contributed by atoms with van der Waals surface area (Å²) >= 11 is 1.44. The Morgan fingerprint density at radius 2 is 1.45 bits per heavy atom. The molecule has 20 heavy (non-hydrogen) atoms. The van der Waals surface area contributed by atoms with Gasteiger partial charge in [-0.05, 0) is 24.3 Å². The molecule has 2 nitrogen and oxygen atoms in total. The minimum Gasteiger partial charge on any atom is -0.410 e. The van der Waals surface area contributed by atoms with Crippen LogP contribution < -0.4 is 0 Å². The second-order valence-electron chi connectivity index (χ2n) is 3.89. The van der Waals surface area contributed by atoms with Crippen LogP contribution in [0, 0.1) is 0 Å². The molecule has 0 aliphatic heterocycles. The molecule has 1 N–H and O–H groups in total. The third-order valence-electron chi connectivity index (χ3n) is 2.48. The van der Waals surface area contributed by atoms with Crippen molar-refractivity contribution in [3.05, 3.63) is 60.2 Å². The van der Waals surface area contributed by atoms with E-state index in [-0.39, 0.29) is 5.56 Å². The van der Waals surface area contributed by atoms with Crippen LogP contribution in [-0.2, 0) is 0 Å². The zero-order valence-electron chi connectivity index (χ0n) is 10.1. The third-order valence-corrected chi connectivity index (χ3v) is 3.49. The second kappa shape index (κ2) is 6.00. The molecular weight excluding hydrogens is 287 g/mol. The number of nitrogens with zero attached hydrogens (tertiary/aromatic N) is 1. The van der Waals surface area contributed by atoms with Gasteiger partial charge in [-0.3, -0.25) is 0 Å². The van der Waals surface area contributed by atoms with Crippen LogP contribution in [0.1, 0.15) is 5.56 Å². The number of rotatable bonds is 3. The lowest BCUT2D eigenvalue weighted by atomic mass is 10.1. The van der Waals surface area contributed by atoms with E-state index in [1.807, 2.05) is 30.3 Å². The fraction of sp³-hybridized carbons (Fsp3) is 0.0714. The maximum absolute atomic E-state index is 12.6. The molecule has 6 heteroatoms. The third kappa shape index (κ3) is 3.54. The van der Waals surface area contributed by atoms with Crippen molar-refractivity contribution in [3.8, 4) is 0 Å². The molecule has 0 radical (unpaired) electrons. The molecule has 0 spiro atoms. The Hall–Kier alpha value is -1.95. The summed E-state index contributed by atoms with van der Waals surface area (Å²) in [5, 5.41) is 10.8. The Morgan fingerprint density at radius 1 is 0.900 bits per heavy atom. The topological polar surface area (TPSA) is 32.6 Å². The predicted octanol–water partition coefficient (Wildman–Crippen LogP) is 4.58. The molecule has 0 heterocycles. The number of halogens is 3. The molecule has 2 aromatic rings. The summed E-state index contributed by atoms with van der Waals surface area (Å²) in [4.78, 5) is 1.80. The van der Waals surface area contributed by atoms with Crippen LogP contribution in [0.15, 0.2) is 69.5 Å². The first-order valence-corrected chi connectivity index (χ1v) is 6.45. The van der Waals surface area contributed by atoms with E-state index < -0.39 is 11.9 Å². The van der Waals surface area contributed by atoms with Crippen molar-refractivity contribution in [3.63, 3.8) is 0 Å². The fourth-order valence-corrected chi connectivity index (χ4v) is 2.42. The molecule has 2 rings (SSSR count). The van der Waals surface area contributed by atoms with Gasteiger partial charge >= 0.3 is 6.18 Å². The van der Waals surface area contributed by atoms with Crippen LogP contribution in [0.25, 0.3) is 0 Å². The number of hydrogen-bond donors (Lipinski definition) is 1. The number of hydrogen-bond acceptors (Lipinski definition) is 3. The van der Waals surface area contributed by atoms with Crippen molar-refractivity contribution in [2.24, 2.45) is 5.16 Å². The van der Waals surface area contributed by atoms with Gasteiger partial charge in [0.2, 0.25) is 0 Å². The molecule has 0 bridgehead atoms. The zero-order valence-corrected chi connectivity index (χ0v) is 10.9. The smallest absolute Gasteiger partial charge is 0.410 e. The monoisotopic (exact) mass is 297 g/mol. The van der Waals surface area contributed by atoms with Gasteiger partial charge in [0.25, 0.3) is 0 Å². The van der Waals surface area contributed by atoms with Crippen molar-refractivity contribution in [2.75, 3.05) is 0 Å². The Labute approximate surface area is 117 Å². The molecule has 2 aromatic carbocycles. The van der Waals surface area contributed by atoms with E-state index in [1.54, 1.807) is 12.1 Å². The summed E-state index contributed by atoms with van der Waals surface area (Å²) in [6, 6.07) is 15.2. The molecule has 0 saturated carbocycles. The molecule has 0 atom stereocenters. The first-order chi connectivity index (χ1) is 9.50. The van der Waals surface area contributed by atoms with Gasteiger partial charge in [-0.2, -0.15) is 13.2 Å². The molecule has 0 fully saturated rings. The summed E-state index contributed by atoms with van der Waals surface area (Å²) < 4.78 is 37.7. The Balaban J connectivity index is 2.19. The lowest BCUT2D eigenvalue weighted by Crippen LogP contribution is -2.23. The highest BCUT2D eigenvalue weighted by Crippen LogP contribution is 2.29. The van der Waals surface area contributed by atoms with E-state index in [9.17, 15) is 13.2 Å². The summed E-state index contributed by atoms with van der Waals surface area (Å²) in [7, 11) is 0. The van der Waals surface area contributed by atoms with Crippen LogP contribution in [0.3, 0.4) is 0 Å².